The summed E-state index contributed by atoms with van der Waals surface area (Å²) in [7, 11) is 0. The molecule has 1 fully saturated rings. The Morgan fingerprint density at radius 2 is 2.25 bits per heavy atom. The van der Waals surface area contributed by atoms with Crippen molar-refractivity contribution in [3.8, 4) is 0 Å². The maximum Gasteiger partial charge on any atom is 0.337 e. The van der Waals surface area contributed by atoms with Crippen molar-refractivity contribution < 1.29 is 9.90 Å². The second-order valence-electron chi connectivity index (χ2n) is 5.13. The summed E-state index contributed by atoms with van der Waals surface area (Å²) in [5, 5.41) is 9.87. The standard InChI is InChI=1S/C14H16N2O3S/c1-20-9-6-5-8(7-9)16-12-10(13(17)18)3-2-4-11(12)15-14(16)19/h2-4,8-9H,5-7H2,1H3,(H,15,19)(H,17,18). The number of hydrogen-bond acceptors (Lipinski definition) is 3. The Balaban J connectivity index is 2.17. The number of carboxylic acid groups (broad SMARTS) is 1. The molecule has 106 valence electrons. The van der Waals surface area contributed by atoms with E-state index < -0.39 is 5.97 Å². The zero-order valence-electron chi connectivity index (χ0n) is 11.1. The third-order valence-corrected chi connectivity index (χ3v) is 5.12. The third-order valence-electron chi connectivity index (χ3n) is 4.02. The minimum atomic E-state index is -0.997. The number of carboxylic acids is 1. The van der Waals surface area contributed by atoms with Gasteiger partial charge in [0.2, 0.25) is 0 Å². The van der Waals surface area contributed by atoms with Gasteiger partial charge in [0.05, 0.1) is 16.6 Å². The average Bonchev–Trinajstić information content (AvgIpc) is 3.00. The summed E-state index contributed by atoms with van der Waals surface area (Å²) in [5.41, 5.74) is 1.10. The van der Waals surface area contributed by atoms with Crippen LogP contribution in [0.15, 0.2) is 23.0 Å². The van der Waals surface area contributed by atoms with Crippen LogP contribution in [-0.2, 0) is 0 Å². The predicted octanol–water partition coefficient (Wildman–Crippen LogP) is 2.48. The van der Waals surface area contributed by atoms with Gasteiger partial charge < -0.3 is 10.1 Å². The van der Waals surface area contributed by atoms with Crippen LogP contribution >= 0.6 is 11.8 Å². The number of imidazole rings is 1. The summed E-state index contributed by atoms with van der Waals surface area (Å²) in [6.45, 7) is 0. The minimum Gasteiger partial charge on any atom is -0.478 e. The van der Waals surface area contributed by atoms with E-state index in [1.807, 2.05) is 11.8 Å². The number of rotatable bonds is 3. The molecule has 2 unspecified atom stereocenters. The summed E-state index contributed by atoms with van der Waals surface area (Å²) in [6.07, 6.45) is 4.99. The van der Waals surface area contributed by atoms with Gasteiger partial charge in [-0.2, -0.15) is 11.8 Å². The number of nitrogens with one attached hydrogen (secondary N) is 1. The molecule has 2 atom stereocenters. The molecule has 1 saturated carbocycles. The number of para-hydroxylation sites is 1. The lowest BCUT2D eigenvalue weighted by atomic mass is 10.1. The van der Waals surface area contributed by atoms with Gasteiger partial charge in [0.15, 0.2) is 0 Å². The smallest absolute Gasteiger partial charge is 0.337 e. The van der Waals surface area contributed by atoms with Gasteiger partial charge in [0, 0.05) is 11.3 Å². The number of benzene rings is 1. The molecule has 0 bridgehead atoms. The Hall–Kier alpha value is -1.69. The van der Waals surface area contributed by atoms with Gasteiger partial charge >= 0.3 is 11.7 Å². The van der Waals surface area contributed by atoms with E-state index in [9.17, 15) is 14.7 Å². The van der Waals surface area contributed by atoms with Gasteiger partial charge in [0.25, 0.3) is 0 Å². The highest BCUT2D eigenvalue weighted by molar-refractivity contribution is 7.99. The number of carbonyl (C=O) groups is 1. The van der Waals surface area contributed by atoms with Crippen molar-refractivity contribution >= 4 is 28.8 Å². The molecule has 20 heavy (non-hydrogen) atoms. The lowest BCUT2D eigenvalue weighted by Crippen LogP contribution is -2.21. The maximum absolute atomic E-state index is 12.2. The van der Waals surface area contributed by atoms with Gasteiger partial charge in [-0.15, -0.1) is 0 Å². The first-order chi connectivity index (χ1) is 9.61. The van der Waals surface area contributed by atoms with Crippen molar-refractivity contribution in [2.24, 2.45) is 0 Å². The van der Waals surface area contributed by atoms with Crippen LogP contribution in [0.25, 0.3) is 11.0 Å². The van der Waals surface area contributed by atoms with Crippen molar-refractivity contribution in [1.82, 2.24) is 9.55 Å². The summed E-state index contributed by atoms with van der Waals surface area (Å²) in [6, 6.07) is 5.05. The Morgan fingerprint density at radius 1 is 1.45 bits per heavy atom. The summed E-state index contributed by atoms with van der Waals surface area (Å²) < 4.78 is 1.65. The minimum absolute atomic E-state index is 0.0919. The van der Waals surface area contributed by atoms with Crippen LogP contribution in [0.4, 0.5) is 0 Å². The van der Waals surface area contributed by atoms with Crippen LogP contribution in [-0.4, -0.2) is 32.1 Å². The number of aromatic nitrogens is 2. The molecule has 6 heteroatoms. The number of H-pyrrole nitrogens is 1. The lowest BCUT2D eigenvalue weighted by Gasteiger charge is -2.13. The molecule has 0 saturated heterocycles. The first-order valence-corrected chi connectivity index (χ1v) is 7.90. The molecule has 5 nitrogen and oxygen atoms in total. The Labute approximate surface area is 120 Å². The van der Waals surface area contributed by atoms with Crippen molar-refractivity contribution in [2.75, 3.05) is 6.26 Å². The lowest BCUT2D eigenvalue weighted by molar-refractivity contribution is 0.0698. The van der Waals surface area contributed by atoms with E-state index in [-0.39, 0.29) is 17.3 Å². The second kappa shape index (κ2) is 5.01. The fraction of sp³-hybridized carbons (Fsp3) is 0.429. The molecule has 0 spiro atoms. The van der Waals surface area contributed by atoms with Gasteiger partial charge in [-0.1, -0.05) is 6.07 Å². The largest absolute Gasteiger partial charge is 0.478 e. The number of aromatic amines is 1. The van der Waals surface area contributed by atoms with Crippen LogP contribution in [0.2, 0.25) is 0 Å². The number of aromatic carboxylic acids is 1. The molecule has 1 aromatic heterocycles. The molecule has 1 aliphatic rings. The molecule has 0 aliphatic heterocycles. The predicted molar refractivity (Wildman–Crippen MR) is 79.7 cm³/mol. The van der Waals surface area contributed by atoms with E-state index in [0.29, 0.717) is 16.3 Å². The van der Waals surface area contributed by atoms with Crippen molar-refractivity contribution in [1.29, 1.82) is 0 Å². The second-order valence-corrected chi connectivity index (χ2v) is 6.27. The van der Waals surface area contributed by atoms with Crippen molar-refractivity contribution in [3.63, 3.8) is 0 Å². The zero-order chi connectivity index (χ0) is 14.3. The Morgan fingerprint density at radius 3 is 2.90 bits per heavy atom. The van der Waals surface area contributed by atoms with E-state index in [2.05, 4.69) is 11.2 Å². The van der Waals surface area contributed by atoms with E-state index >= 15 is 0 Å². The van der Waals surface area contributed by atoms with Crippen LogP contribution in [0, 0.1) is 0 Å². The fourth-order valence-corrected chi connectivity index (χ4v) is 3.85. The summed E-state index contributed by atoms with van der Waals surface area (Å²) in [4.78, 5) is 26.4. The molecular formula is C14H16N2O3S. The molecule has 3 rings (SSSR count). The molecule has 0 radical (unpaired) electrons. The first kappa shape index (κ1) is 13.3. The SMILES string of the molecule is CSC1CCC(n2c(=O)[nH]c3cccc(C(=O)O)c32)C1. The highest BCUT2D eigenvalue weighted by Crippen LogP contribution is 2.37. The number of fused-ring (bicyclic) bond motifs is 1. The molecule has 1 aromatic carbocycles. The molecule has 1 heterocycles. The van der Waals surface area contributed by atoms with Gasteiger partial charge in [-0.25, -0.2) is 9.59 Å². The van der Waals surface area contributed by atoms with E-state index in [0.717, 1.165) is 19.3 Å². The molecule has 1 aliphatic carbocycles. The maximum atomic E-state index is 12.2. The average molecular weight is 292 g/mol. The summed E-state index contributed by atoms with van der Waals surface area (Å²) >= 11 is 1.81. The highest BCUT2D eigenvalue weighted by atomic mass is 32.2. The highest BCUT2D eigenvalue weighted by Gasteiger charge is 2.29. The van der Waals surface area contributed by atoms with E-state index in [1.165, 1.54) is 0 Å². The number of nitrogens with zero attached hydrogens (tertiary/aromatic N) is 1. The first-order valence-electron chi connectivity index (χ1n) is 6.61. The summed E-state index contributed by atoms with van der Waals surface area (Å²) in [5.74, 6) is -0.997. The Kier molecular flexibility index (Phi) is 3.33. The van der Waals surface area contributed by atoms with Crippen LogP contribution in [0.3, 0.4) is 0 Å². The Bertz CT molecular complexity index is 719. The van der Waals surface area contributed by atoms with Gasteiger partial charge in [-0.05, 0) is 37.7 Å². The number of thioether (sulfide) groups is 1. The topological polar surface area (TPSA) is 75.1 Å². The van der Waals surface area contributed by atoms with Gasteiger partial charge in [0.1, 0.15) is 0 Å². The molecule has 2 aromatic rings. The van der Waals surface area contributed by atoms with E-state index in [4.69, 9.17) is 0 Å². The monoisotopic (exact) mass is 292 g/mol. The number of hydrogen-bond donors (Lipinski definition) is 2. The van der Waals surface area contributed by atoms with Crippen LogP contribution in [0.5, 0.6) is 0 Å². The molecular weight excluding hydrogens is 276 g/mol. The fourth-order valence-electron chi connectivity index (χ4n) is 3.07. The van der Waals surface area contributed by atoms with E-state index in [1.54, 1.807) is 22.8 Å². The van der Waals surface area contributed by atoms with Crippen molar-refractivity contribution in [3.05, 3.63) is 34.2 Å². The van der Waals surface area contributed by atoms with Gasteiger partial charge in [-0.3, -0.25) is 4.57 Å². The third kappa shape index (κ3) is 2.04. The normalized spacial score (nSPS) is 22.4. The zero-order valence-corrected chi connectivity index (χ0v) is 11.9. The van der Waals surface area contributed by atoms with Crippen LogP contribution in [0.1, 0.15) is 35.7 Å². The molecule has 0 amide bonds. The van der Waals surface area contributed by atoms with Crippen LogP contribution < -0.4 is 5.69 Å². The molecule has 2 N–H and O–H groups in total. The van der Waals surface area contributed by atoms with Crippen molar-refractivity contribution in [2.45, 2.75) is 30.6 Å². The quantitative estimate of drug-likeness (QED) is 0.911.